The molecule has 0 radical (unpaired) electrons. The normalized spacial score (nSPS) is 19.3. The highest BCUT2D eigenvalue weighted by Gasteiger charge is 2.32. The van der Waals surface area contributed by atoms with Gasteiger partial charge in [0.25, 0.3) is 5.91 Å². The summed E-state index contributed by atoms with van der Waals surface area (Å²) < 4.78 is 0. The van der Waals surface area contributed by atoms with E-state index >= 15 is 0 Å². The van der Waals surface area contributed by atoms with Crippen molar-refractivity contribution in [1.29, 1.82) is 5.26 Å². The van der Waals surface area contributed by atoms with E-state index in [0.29, 0.717) is 19.6 Å². The summed E-state index contributed by atoms with van der Waals surface area (Å²) >= 11 is 0. The summed E-state index contributed by atoms with van der Waals surface area (Å²) in [5.41, 5.74) is -0.822. The minimum absolute atomic E-state index is 0.0565. The number of hydrogen-bond acceptors (Lipinski definition) is 3. The lowest BCUT2D eigenvalue weighted by molar-refractivity contribution is -0.896. The molecule has 20 heavy (non-hydrogen) atoms. The zero-order valence-electron chi connectivity index (χ0n) is 12.8. The van der Waals surface area contributed by atoms with Gasteiger partial charge in [0.2, 0.25) is 5.91 Å². The van der Waals surface area contributed by atoms with E-state index in [1.165, 1.54) is 0 Å². The van der Waals surface area contributed by atoms with Crippen LogP contribution in [0, 0.1) is 17.2 Å². The highest BCUT2D eigenvalue weighted by Crippen LogP contribution is 2.14. The molecule has 0 unspecified atom stereocenters. The van der Waals surface area contributed by atoms with Crippen molar-refractivity contribution in [2.75, 3.05) is 32.7 Å². The van der Waals surface area contributed by atoms with Gasteiger partial charge in [-0.3, -0.25) is 9.59 Å². The molecule has 1 fully saturated rings. The third kappa shape index (κ3) is 4.20. The van der Waals surface area contributed by atoms with Gasteiger partial charge in [0, 0.05) is 6.92 Å². The van der Waals surface area contributed by atoms with Crippen LogP contribution < -0.4 is 10.2 Å². The van der Waals surface area contributed by atoms with Crippen LogP contribution in [0.5, 0.6) is 0 Å². The maximum atomic E-state index is 12.0. The minimum atomic E-state index is -0.822. The van der Waals surface area contributed by atoms with Crippen molar-refractivity contribution in [2.24, 2.45) is 5.92 Å². The molecule has 1 atom stereocenters. The molecule has 2 N–H and O–H groups in total. The number of quaternary nitrogens is 1. The monoisotopic (exact) mass is 281 g/mol. The Morgan fingerprint density at radius 2 is 1.95 bits per heavy atom. The fourth-order valence-electron chi connectivity index (χ4n) is 2.18. The second-order valence-corrected chi connectivity index (χ2v) is 5.95. The van der Waals surface area contributed by atoms with Crippen LogP contribution in [-0.4, -0.2) is 55.0 Å². The Labute approximate surface area is 120 Å². The van der Waals surface area contributed by atoms with Crippen molar-refractivity contribution in [2.45, 2.75) is 33.2 Å². The molecule has 0 spiro atoms. The lowest BCUT2D eigenvalue weighted by atomic mass is 9.90. The highest BCUT2D eigenvalue weighted by atomic mass is 16.2. The molecule has 112 valence electrons. The number of piperazine rings is 1. The SMILES string of the molecule is CC(=O)N1CC[NH+](CC(=O)N[C@](C)(C#N)C(C)C)CC1. The fraction of sp³-hybridized carbons (Fsp3) is 0.786. The molecule has 1 rings (SSSR count). The summed E-state index contributed by atoms with van der Waals surface area (Å²) in [5, 5.41) is 12.0. The Bertz CT molecular complexity index is 408. The van der Waals surface area contributed by atoms with Crippen LogP contribution in [0.2, 0.25) is 0 Å². The first kappa shape index (κ1) is 16.4. The van der Waals surface area contributed by atoms with Crippen molar-refractivity contribution < 1.29 is 14.5 Å². The lowest BCUT2D eigenvalue weighted by Crippen LogP contribution is -3.16. The Balaban J connectivity index is 2.45. The molecule has 2 amide bonds. The number of hydrogen-bond donors (Lipinski definition) is 2. The summed E-state index contributed by atoms with van der Waals surface area (Å²) in [6, 6.07) is 2.17. The number of nitriles is 1. The molecule has 1 saturated heterocycles. The third-order valence-electron chi connectivity index (χ3n) is 4.11. The van der Waals surface area contributed by atoms with Crippen LogP contribution >= 0.6 is 0 Å². The predicted octanol–water partition coefficient (Wildman–Crippen LogP) is -1.21. The Morgan fingerprint density at radius 3 is 2.35 bits per heavy atom. The van der Waals surface area contributed by atoms with Gasteiger partial charge in [0.1, 0.15) is 5.54 Å². The Hall–Kier alpha value is -1.61. The molecular weight excluding hydrogens is 256 g/mol. The van der Waals surface area contributed by atoms with Gasteiger partial charge in [0.05, 0.1) is 32.2 Å². The van der Waals surface area contributed by atoms with Crippen molar-refractivity contribution in [3.05, 3.63) is 0 Å². The minimum Gasteiger partial charge on any atom is -0.333 e. The number of carbonyl (C=O) groups is 2. The summed E-state index contributed by atoms with van der Waals surface area (Å²) in [4.78, 5) is 26.2. The highest BCUT2D eigenvalue weighted by molar-refractivity contribution is 5.78. The van der Waals surface area contributed by atoms with Crippen LogP contribution in [0.15, 0.2) is 0 Å². The van der Waals surface area contributed by atoms with Crippen molar-refractivity contribution in [1.82, 2.24) is 10.2 Å². The van der Waals surface area contributed by atoms with Gasteiger partial charge < -0.3 is 15.1 Å². The van der Waals surface area contributed by atoms with Gasteiger partial charge in [-0.2, -0.15) is 5.26 Å². The van der Waals surface area contributed by atoms with Crippen molar-refractivity contribution in [3.63, 3.8) is 0 Å². The van der Waals surface area contributed by atoms with Gasteiger partial charge in [-0.25, -0.2) is 0 Å². The maximum absolute atomic E-state index is 12.0. The quantitative estimate of drug-likeness (QED) is 0.678. The van der Waals surface area contributed by atoms with Gasteiger partial charge in [-0.05, 0) is 12.8 Å². The van der Waals surface area contributed by atoms with E-state index in [2.05, 4.69) is 11.4 Å². The molecule has 6 heteroatoms. The topological polar surface area (TPSA) is 77.6 Å². The second-order valence-electron chi connectivity index (χ2n) is 5.95. The fourth-order valence-corrected chi connectivity index (χ4v) is 2.18. The molecule has 1 aliphatic rings. The first-order valence-corrected chi connectivity index (χ1v) is 7.10. The maximum Gasteiger partial charge on any atom is 0.276 e. The molecule has 0 bridgehead atoms. The summed E-state index contributed by atoms with van der Waals surface area (Å²) in [5.74, 6) is 0.0420. The van der Waals surface area contributed by atoms with E-state index in [1.807, 2.05) is 13.8 Å². The van der Waals surface area contributed by atoms with Crippen LogP contribution in [-0.2, 0) is 9.59 Å². The summed E-state index contributed by atoms with van der Waals surface area (Å²) in [7, 11) is 0. The van der Waals surface area contributed by atoms with E-state index < -0.39 is 5.54 Å². The van der Waals surface area contributed by atoms with Crippen molar-refractivity contribution >= 4 is 11.8 Å². The molecule has 0 saturated carbocycles. The van der Waals surface area contributed by atoms with Crippen molar-refractivity contribution in [3.8, 4) is 6.07 Å². The number of carbonyl (C=O) groups excluding carboxylic acids is 2. The molecule has 0 aromatic carbocycles. The van der Waals surface area contributed by atoms with Crippen LogP contribution in [0.1, 0.15) is 27.7 Å². The van der Waals surface area contributed by atoms with E-state index in [1.54, 1.807) is 18.7 Å². The van der Waals surface area contributed by atoms with E-state index in [9.17, 15) is 14.9 Å². The van der Waals surface area contributed by atoms with Crippen LogP contribution in [0.25, 0.3) is 0 Å². The van der Waals surface area contributed by atoms with E-state index in [4.69, 9.17) is 0 Å². The molecule has 6 nitrogen and oxygen atoms in total. The largest absolute Gasteiger partial charge is 0.333 e. The first-order chi connectivity index (χ1) is 9.28. The standard InChI is InChI=1S/C14H24N4O2/c1-11(2)14(4,10-15)16-13(20)9-17-5-7-18(8-6-17)12(3)19/h11H,5-9H2,1-4H3,(H,16,20)/p+1/t14-/m1/s1. The zero-order chi connectivity index (χ0) is 15.3. The molecule has 1 heterocycles. The van der Waals surface area contributed by atoms with Gasteiger partial charge in [-0.15, -0.1) is 0 Å². The summed E-state index contributed by atoms with van der Waals surface area (Å²) in [6.45, 7) is 10.4. The number of amides is 2. The van der Waals surface area contributed by atoms with E-state index in [-0.39, 0.29) is 17.7 Å². The van der Waals surface area contributed by atoms with Crippen LogP contribution in [0.3, 0.4) is 0 Å². The number of nitrogens with one attached hydrogen (secondary N) is 2. The lowest BCUT2D eigenvalue weighted by Gasteiger charge is -2.32. The summed E-state index contributed by atoms with van der Waals surface area (Å²) in [6.07, 6.45) is 0. The first-order valence-electron chi connectivity index (χ1n) is 7.10. The molecule has 0 aromatic heterocycles. The average molecular weight is 281 g/mol. The Kier molecular flexibility index (Phi) is 5.52. The molecular formula is C14H25N4O2+. The number of rotatable bonds is 4. The predicted molar refractivity (Wildman–Crippen MR) is 74.8 cm³/mol. The van der Waals surface area contributed by atoms with Gasteiger partial charge in [-0.1, -0.05) is 13.8 Å². The third-order valence-corrected chi connectivity index (χ3v) is 4.11. The number of nitrogens with zero attached hydrogens (tertiary/aromatic N) is 2. The molecule has 1 aliphatic heterocycles. The van der Waals surface area contributed by atoms with Gasteiger partial charge >= 0.3 is 0 Å². The van der Waals surface area contributed by atoms with Gasteiger partial charge in [0.15, 0.2) is 6.54 Å². The molecule has 0 aromatic rings. The second kappa shape index (κ2) is 6.71. The smallest absolute Gasteiger partial charge is 0.276 e. The zero-order valence-corrected chi connectivity index (χ0v) is 12.8. The Morgan fingerprint density at radius 1 is 1.40 bits per heavy atom. The average Bonchev–Trinajstić information content (AvgIpc) is 2.38. The van der Waals surface area contributed by atoms with E-state index in [0.717, 1.165) is 18.0 Å². The molecule has 0 aliphatic carbocycles. The van der Waals surface area contributed by atoms with Crippen LogP contribution in [0.4, 0.5) is 0 Å².